The van der Waals surface area contributed by atoms with E-state index in [1.807, 2.05) is 24.3 Å². The molecule has 0 unspecified atom stereocenters. The van der Waals surface area contributed by atoms with E-state index < -0.39 is 0 Å². The quantitative estimate of drug-likeness (QED) is 0.530. The second kappa shape index (κ2) is 5.83. The zero-order valence-electron chi connectivity index (χ0n) is 8.14. The van der Waals surface area contributed by atoms with Gasteiger partial charge in [0.05, 0.1) is 6.54 Å². The maximum Gasteiger partial charge on any atom is 0.137 e. The smallest absolute Gasteiger partial charge is 0.137 e. The van der Waals surface area contributed by atoms with E-state index in [1.165, 1.54) is 5.56 Å². The first kappa shape index (κ1) is 10.3. The Morgan fingerprint density at radius 3 is 2.29 bits per heavy atom. The first-order chi connectivity index (χ1) is 6.86. The Morgan fingerprint density at radius 1 is 1.00 bits per heavy atom. The lowest BCUT2D eigenvalue weighted by molar-refractivity contribution is -0.386. The van der Waals surface area contributed by atoms with Crippen molar-refractivity contribution in [3.63, 3.8) is 0 Å². The fourth-order valence-electron chi connectivity index (χ4n) is 0.965. The predicted molar refractivity (Wildman–Crippen MR) is 55.4 cm³/mol. The monoisotopic (exact) mass is 186 g/mol. The Balaban J connectivity index is 2.71. The van der Waals surface area contributed by atoms with Gasteiger partial charge in [-0.2, -0.15) is 0 Å². The minimum Gasteiger partial charge on any atom is -0.354 e. The fraction of sp³-hybridized carbons (Fsp3) is 0.167. The van der Waals surface area contributed by atoms with Crippen LogP contribution in [-0.2, 0) is 6.54 Å². The minimum absolute atomic E-state index is 0.606. The molecule has 0 saturated heterocycles. The molecule has 0 aliphatic carbocycles. The molecule has 1 rings (SSSR count). The van der Waals surface area contributed by atoms with Crippen LogP contribution in [0, 0.1) is 23.7 Å². The van der Waals surface area contributed by atoms with Crippen molar-refractivity contribution in [2.24, 2.45) is 0 Å². The summed E-state index contributed by atoms with van der Waals surface area (Å²) in [5.41, 5.74) is 9.62. The first-order valence-electron chi connectivity index (χ1n) is 4.53. The van der Waals surface area contributed by atoms with Gasteiger partial charge in [-0.25, -0.2) is 0 Å². The lowest BCUT2D eigenvalue weighted by atomic mass is 10.1. The van der Waals surface area contributed by atoms with Crippen LogP contribution in [-0.4, -0.2) is 6.54 Å². The molecule has 1 aromatic rings. The molecule has 6 N–H and O–H groups in total. The molecule has 0 bridgehead atoms. The summed E-state index contributed by atoms with van der Waals surface area (Å²) in [4.78, 5) is 0. The Morgan fingerprint density at radius 2 is 1.71 bits per heavy atom. The molecule has 0 saturated carbocycles. The molecule has 0 aliphatic rings. The van der Waals surface area contributed by atoms with E-state index in [9.17, 15) is 0 Å². The lowest BCUT2D eigenvalue weighted by Gasteiger charge is -1.92. The first-order valence-corrected chi connectivity index (χ1v) is 4.53. The Labute approximate surface area is 84.3 Å². The van der Waals surface area contributed by atoms with Crippen molar-refractivity contribution in [2.45, 2.75) is 6.54 Å². The molecule has 14 heavy (non-hydrogen) atoms. The molecule has 2 heteroatoms. The highest BCUT2D eigenvalue weighted by atomic mass is 14.5. The van der Waals surface area contributed by atoms with Crippen LogP contribution in [0.5, 0.6) is 0 Å². The van der Waals surface area contributed by atoms with Crippen LogP contribution >= 0.6 is 0 Å². The predicted octanol–water partition coefficient (Wildman–Crippen LogP) is -0.975. The molecule has 0 atom stereocenters. The standard InChI is InChI=1S/C12H12N2/c13-9-3-1-2-4-11-5-7-12(10-14)8-6-11/h5-8H,9-10,13-14H2/p+2. The highest BCUT2D eigenvalue weighted by Gasteiger charge is 1.89. The van der Waals surface area contributed by atoms with Crippen LogP contribution < -0.4 is 11.5 Å². The molecule has 0 aromatic heterocycles. The highest BCUT2D eigenvalue weighted by molar-refractivity contribution is 5.40. The minimum atomic E-state index is 0.606. The lowest BCUT2D eigenvalue weighted by Crippen LogP contribution is -2.49. The molecule has 0 amide bonds. The van der Waals surface area contributed by atoms with Crippen LogP contribution in [0.15, 0.2) is 24.3 Å². The van der Waals surface area contributed by atoms with Gasteiger partial charge in [0.2, 0.25) is 0 Å². The second-order valence-electron chi connectivity index (χ2n) is 2.75. The highest BCUT2D eigenvalue weighted by Crippen LogP contribution is 2.00. The van der Waals surface area contributed by atoms with E-state index in [2.05, 4.69) is 35.1 Å². The summed E-state index contributed by atoms with van der Waals surface area (Å²) in [6, 6.07) is 8.04. The number of hydrogen-bond donors (Lipinski definition) is 2. The maximum absolute atomic E-state index is 3.81. The normalized spacial score (nSPS) is 8.14. The summed E-state index contributed by atoms with van der Waals surface area (Å²) < 4.78 is 0. The van der Waals surface area contributed by atoms with Crippen LogP contribution in [0.3, 0.4) is 0 Å². The van der Waals surface area contributed by atoms with E-state index in [1.54, 1.807) is 0 Å². The van der Waals surface area contributed by atoms with Gasteiger partial charge >= 0.3 is 0 Å². The molecule has 2 nitrogen and oxygen atoms in total. The topological polar surface area (TPSA) is 55.3 Å². The van der Waals surface area contributed by atoms with Gasteiger partial charge in [-0.15, -0.1) is 0 Å². The SMILES string of the molecule is [NH3+]CC#CC#Cc1ccc(C[NH3+])cc1. The van der Waals surface area contributed by atoms with Crippen LogP contribution in [0.4, 0.5) is 0 Å². The van der Waals surface area contributed by atoms with Crippen molar-refractivity contribution in [1.29, 1.82) is 0 Å². The Bertz CT molecular complexity index is 396. The summed E-state index contributed by atoms with van der Waals surface area (Å²) in [5, 5.41) is 0. The zero-order chi connectivity index (χ0) is 10.2. The number of quaternary nitrogens is 2. The largest absolute Gasteiger partial charge is 0.354 e. The Hall–Kier alpha value is -1.74. The third kappa shape index (κ3) is 3.33. The van der Waals surface area contributed by atoms with Gasteiger partial charge in [-0.1, -0.05) is 18.1 Å². The Kier molecular flexibility index (Phi) is 4.31. The molecule has 0 radical (unpaired) electrons. The molecule has 0 spiro atoms. The van der Waals surface area contributed by atoms with Gasteiger partial charge in [0.25, 0.3) is 0 Å². The third-order valence-electron chi connectivity index (χ3n) is 1.73. The van der Waals surface area contributed by atoms with Gasteiger partial charge in [0.15, 0.2) is 0 Å². The van der Waals surface area contributed by atoms with E-state index >= 15 is 0 Å². The zero-order valence-corrected chi connectivity index (χ0v) is 8.14. The summed E-state index contributed by atoms with van der Waals surface area (Å²) >= 11 is 0. The van der Waals surface area contributed by atoms with Gasteiger partial charge in [-0.05, 0) is 29.9 Å². The van der Waals surface area contributed by atoms with Crippen molar-refractivity contribution in [1.82, 2.24) is 0 Å². The average molecular weight is 186 g/mol. The molecule has 1 aromatic carbocycles. The number of hydrogen-bond acceptors (Lipinski definition) is 0. The molecule has 0 fully saturated rings. The average Bonchev–Trinajstić information content (AvgIpc) is 2.25. The van der Waals surface area contributed by atoms with Crippen LogP contribution in [0.25, 0.3) is 0 Å². The summed E-state index contributed by atoms with van der Waals surface area (Å²) in [6.45, 7) is 1.42. The van der Waals surface area contributed by atoms with Gasteiger partial charge in [0.1, 0.15) is 6.54 Å². The number of rotatable bonds is 1. The maximum atomic E-state index is 3.81. The molecule has 0 heterocycles. The van der Waals surface area contributed by atoms with Gasteiger partial charge in [-0.3, -0.25) is 0 Å². The molecular formula is C12H14N2+2. The third-order valence-corrected chi connectivity index (χ3v) is 1.73. The van der Waals surface area contributed by atoms with E-state index in [4.69, 9.17) is 0 Å². The van der Waals surface area contributed by atoms with Crippen molar-refractivity contribution in [2.75, 3.05) is 6.54 Å². The van der Waals surface area contributed by atoms with E-state index in [-0.39, 0.29) is 0 Å². The molecular weight excluding hydrogens is 172 g/mol. The van der Waals surface area contributed by atoms with Crippen LogP contribution in [0.2, 0.25) is 0 Å². The number of benzene rings is 1. The van der Waals surface area contributed by atoms with Crippen molar-refractivity contribution in [3.05, 3.63) is 35.4 Å². The summed E-state index contributed by atoms with van der Waals surface area (Å²) in [6.07, 6.45) is 0. The van der Waals surface area contributed by atoms with Crippen molar-refractivity contribution in [3.8, 4) is 23.7 Å². The fourth-order valence-corrected chi connectivity index (χ4v) is 0.965. The van der Waals surface area contributed by atoms with Gasteiger partial charge in [0, 0.05) is 11.1 Å². The summed E-state index contributed by atoms with van der Waals surface area (Å²) in [5.74, 6) is 11.3. The van der Waals surface area contributed by atoms with Gasteiger partial charge < -0.3 is 11.5 Å². The second-order valence-corrected chi connectivity index (χ2v) is 2.75. The van der Waals surface area contributed by atoms with E-state index in [0.29, 0.717) is 6.54 Å². The van der Waals surface area contributed by atoms with Crippen molar-refractivity contribution >= 4 is 0 Å². The van der Waals surface area contributed by atoms with E-state index in [0.717, 1.165) is 12.1 Å². The summed E-state index contributed by atoms with van der Waals surface area (Å²) in [7, 11) is 0. The van der Waals surface area contributed by atoms with Crippen molar-refractivity contribution < 1.29 is 11.5 Å². The molecule has 0 aliphatic heterocycles. The van der Waals surface area contributed by atoms with Crippen LogP contribution in [0.1, 0.15) is 11.1 Å². The molecule has 70 valence electrons.